The van der Waals surface area contributed by atoms with Crippen molar-refractivity contribution in [1.29, 1.82) is 0 Å². The summed E-state index contributed by atoms with van der Waals surface area (Å²) in [7, 11) is 0. The molecule has 1 aromatic heterocycles. The molecule has 0 unspecified atom stereocenters. The van der Waals surface area contributed by atoms with Gasteiger partial charge in [0, 0.05) is 23.5 Å². The van der Waals surface area contributed by atoms with Gasteiger partial charge >= 0.3 is 0 Å². The molecule has 0 bridgehead atoms. The van der Waals surface area contributed by atoms with Crippen LogP contribution in [0.5, 0.6) is 0 Å². The van der Waals surface area contributed by atoms with Crippen LogP contribution in [0.2, 0.25) is 10.0 Å². The van der Waals surface area contributed by atoms with Gasteiger partial charge in [-0.3, -0.25) is 0 Å². The minimum atomic E-state index is 0.575. The van der Waals surface area contributed by atoms with Gasteiger partial charge in [-0.2, -0.15) is 0 Å². The maximum Gasteiger partial charge on any atom is 0.0797 e. The molecule has 2 nitrogen and oxygen atoms in total. The van der Waals surface area contributed by atoms with Gasteiger partial charge in [0.15, 0.2) is 0 Å². The lowest BCUT2D eigenvalue weighted by Gasteiger charge is -2.06. The van der Waals surface area contributed by atoms with E-state index in [1.54, 1.807) is 17.4 Å². The topological polar surface area (TPSA) is 24.9 Å². The van der Waals surface area contributed by atoms with Crippen LogP contribution in [0.25, 0.3) is 0 Å². The van der Waals surface area contributed by atoms with Crippen LogP contribution in [-0.4, -0.2) is 11.5 Å². The summed E-state index contributed by atoms with van der Waals surface area (Å²) in [6.45, 7) is 2.89. The third-order valence-corrected chi connectivity index (χ3v) is 4.18. The summed E-state index contributed by atoms with van der Waals surface area (Å²) in [6.07, 6.45) is 0.969. The fraction of sp³-hybridized carbons (Fsp3) is 0.250. The van der Waals surface area contributed by atoms with Gasteiger partial charge in [0.1, 0.15) is 0 Å². The molecule has 0 aliphatic carbocycles. The molecular weight excluding hydrogens is 275 g/mol. The van der Waals surface area contributed by atoms with Crippen molar-refractivity contribution >= 4 is 40.2 Å². The van der Waals surface area contributed by atoms with Crippen molar-refractivity contribution in [2.24, 2.45) is 0 Å². The van der Waals surface area contributed by atoms with E-state index in [9.17, 15) is 0 Å². The van der Waals surface area contributed by atoms with Crippen molar-refractivity contribution < 1.29 is 0 Å². The molecule has 90 valence electrons. The SMILES string of the molecule is Cc1ncsc1CCNc1ccc(Cl)c(Cl)c1. The van der Waals surface area contributed by atoms with Crippen LogP contribution in [-0.2, 0) is 6.42 Å². The lowest BCUT2D eigenvalue weighted by atomic mass is 10.3. The molecule has 0 amide bonds. The number of hydrogen-bond donors (Lipinski definition) is 1. The van der Waals surface area contributed by atoms with E-state index in [4.69, 9.17) is 23.2 Å². The van der Waals surface area contributed by atoms with Gasteiger partial charge in [0.2, 0.25) is 0 Å². The van der Waals surface area contributed by atoms with Gasteiger partial charge in [-0.15, -0.1) is 11.3 Å². The molecule has 2 rings (SSSR count). The minimum Gasteiger partial charge on any atom is -0.385 e. The molecule has 0 spiro atoms. The first-order valence-corrected chi connectivity index (χ1v) is 6.88. The molecule has 0 saturated heterocycles. The Kier molecular flexibility index (Phi) is 4.26. The number of halogens is 2. The second-order valence-corrected chi connectivity index (χ2v) is 5.42. The fourth-order valence-corrected chi connectivity index (χ4v) is 2.57. The van der Waals surface area contributed by atoms with E-state index in [1.165, 1.54) is 4.88 Å². The van der Waals surface area contributed by atoms with Gasteiger partial charge in [0.25, 0.3) is 0 Å². The van der Waals surface area contributed by atoms with E-state index in [0.29, 0.717) is 10.0 Å². The average Bonchev–Trinajstić information content (AvgIpc) is 2.70. The molecule has 0 radical (unpaired) electrons. The molecule has 0 aliphatic rings. The Morgan fingerprint density at radius 3 is 2.76 bits per heavy atom. The van der Waals surface area contributed by atoms with Crippen molar-refractivity contribution in [2.75, 3.05) is 11.9 Å². The van der Waals surface area contributed by atoms with Gasteiger partial charge in [-0.1, -0.05) is 23.2 Å². The highest BCUT2D eigenvalue weighted by atomic mass is 35.5. The van der Waals surface area contributed by atoms with Gasteiger partial charge < -0.3 is 5.32 Å². The lowest BCUT2D eigenvalue weighted by molar-refractivity contribution is 1.02. The molecule has 5 heteroatoms. The van der Waals surface area contributed by atoms with Crippen LogP contribution in [0.4, 0.5) is 5.69 Å². The highest BCUT2D eigenvalue weighted by molar-refractivity contribution is 7.09. The Balaban J connectivity index is 1.90. The Hall–Kier alpha value is -0.770. The summed E-state index contributed by atoms with van der Waals surface area (Å²) in [5, 5.41) is 4.47. The number of aryl methyl sites for hydroxylation is 1. The molecule has 1 N–H and O–H groups in total. The Morgan fingerprint density at radius 1 is 1.29 bits per heavy atom. The minimum absolute atomic E-state index is 0.575. The number of nitrogens with one attached hydrogen (secondary N) is 1. The number of anilines is 1. The van der Waals surface area contributed by atoms with Crippen molar-refractivity contribution in [3.63, 3.8) is 0 Å². The van der Waals surface area contributed by atoms with E-state index in [2.05, 4.69) is 10.3 Å². The lowest BCUT2D eigenvalue weighted by Crippen LogP contribution is -2.04. The first-order valence-electron chi connectivity index (χ1n) is 5.24. The standard InChI is InChI=1S/C12H12Cl2N2S/c1-8-12(17-7-16-8)4-5-15-9-2-3-10(13)11(14)6-9/h2-3,6-7,15H,4-5H2,1H3. The third kappa shape index (κ3) is 3.35. The summed E-state index contributed by atoms with van der Waals surface area (Å²) in [6, 6.07) is 5.56. The number of benzene rings is 1. The summed E-state index contributed by atoms with van der Waals surface area (Å²) >= 11 is 13.5. The molecule has 1 heterocycles. The van der Waals surface area contributed by atoms with Crippen LogP contribution in [0.15, 0.2) is 23.7 Å². The Labute approximate surface area is 115 Å². The summed E-state index contributed by atoms with van der Waals surface area (Å²) < 4.78 is 0. The van der Waals surface area contributed by atoms with Crippen molar-refractivity contribution in [3.05, 3.63) is 44.3 Å². The second kappa shape index (κ2) is 5.71. The maximum atomic E-state index is 5.94. The summed E-state index contributed by atoms with van der Waals surface area (Å²) in [5.74, 6) is 0. The predicted octanol–water partition coefficient (Wildman–Crippen LogP) is 4.41. The van der Waals surface area contributed by atoms with E-state index >= 15 is 0 Å². The van der Waals surface area contributed by atoms with Crippen LogP contribution in [0.1, 0.15) is 10.6 Å². The highest BCUT2D eigenvalue weighted by Gasteiger charge is 2.02. The number of nitrogens with zero attached hydrogens (tertiary/aromatic N) is 1. The maximum absolute atomic E-state index is 5.94. The van der Waals surface area contributed by atoms with Crippen molar-refractivity contribution in [3.8, 4) is 0 Å². The zero-order valence-corrected chi connectivity index (χ0v) is 11.7. The smallest absolute Gasteiger partial charge is 0.0797 e. The van der Waals surface area contributed by atoms with Crippen LogP contribution >= 0.6 is 34.5 Å². The van der Waals surface area contributed by atoms with Crippen LogP contribution in [0.3, 0.4) is 0 Å². The number of aromatic nitrogens is 1. The molecule has 17 heavy (non-hydrogen) atoms. The molecule has 1 aromatic carbocycles. The van der Waals surface area contributed by atoms with Crippen molar-refractivity contribution in [2.45, 2.75) is 13.3 Å². The highest BCUT2D eigenvalue weighted by Crippen LogP contribution is 2.25. The summed E-state index contributed by atoms with van der Waals surface area (Å²) in [5.41, 5.74) is 3.98. The largest absolute Gasteiger partial charge is 0.385 e. The van der Waals surface area contributed by atoms with Crippen LogP contribution < -0.4 is 5.32 Å². The average molecular weight is 287 g/mol. The van der Waals surface area contributed by atoms with Gasteiger partial charge in [-0.25, -0.2) is 4.98 Å². The molecular formula is C12H12Cl2N2S. The van der Waals surface area contributed by atoms with E-state index in [-0.39, 0.29) is 0 Å². The first kappa shape index (κ1) is 12.7. The molecule has 0 aliphatic heterocycles. The quantitative estimate of drug-likeness (QED) is 0.900. The second-order valence-electron chi connectivity index (χ2n) is 3.67. The van der Waals surface area contributed by atoms with E-state index < -0.39 is 0 Å². The van der Waals surface area contributed by atoms with Crippen LogP contribution in [0, 0.1) is 6.92 Å². The zero-order valence-electron chi connectivity index (χ0n) is 9.34. The molecule has 0 atom stereocenters. The van der Waals surface area contributed by atoms with E-state index in [0.717, 1.165) is 24.3 Å². The van der Waals surface area contributed by atoms with Gasteiger partial charge in [-0.05, 0) is 25.1 Å². The third-order valence-electron chi connectivity index (χ3n) is 2.45. The monoisotopic (exact) mass is 286 g/mol. The molecule has 2 aromatic rings. The number of thiazole rings is 1. The first-order chi connectivity index (χ1) is 8.16. The Bertz CT molecular complexity index is 511. The van der Waals surface area contributed by atoms with Gasteiger partial charge in [0.05, 0.1) is 21.2 Å². The number of rotatable bonds is 4. The van der Waals surface area contributed by atoms with Crippen molar-refractivity contribution in [1.82, 2.24) is 4.98 Å². The Morgan fingerprint density at radius 2 is 2.12 bits per heavy atom. The summed E-state index contributed by atoms with van der Waals surface area (Å²) in [4.78, 5) is 5.54. The fourth-order valence-electron chi connectivity index (χ4n) is 1.49. The normalized spacial score (nSPS) is 10.5. The zero-order chi connectivity index (χ0) is 12.3. The van der Waals surface area contributed by atoms with E-state index in [1.807, 2.05) is 24.6 Å². The number of hydrogen-bond acceptors (Lipinski definition) is 3. The molecule has 0 fully saturated rings. The predicted molar refractivity (Wildman–Crippen MR) is 75.5 cm³/mol. The molecule has 0 saturated carbocycles.